The highest BCUT2D eigenvalue weighted by atomic mass is 32.7. The predicted octanol–water partition coefficient (Wildman–Crippen LogP) is 2.42. The topological polar surface area (TPSA) is 21.7 Å². The summed E-state index contributed by atoms with van der Waals surface area (Å²) in [6, 6.07) is 0.448. The maximum atomic E-state index is 5.91. The molecule has 5 heteroatoms. The van der Waals surface area contributed by atoms with E-state index in [9.17, 15) is 0 Å². The molecule has 0 aromatic carbocycles. The van der Waals surface area contributed by atoms with Crippen molar-refractivity contribution in [3.63, 3.8) is 0 Å². The Hall–Kier alpha value is 0.660. The molecule has 0 aromatic rings. The summed E-state index contributed by atoms with van der Waals surface area (Å²) in [7, 11) is 1.69. The van der Waals surface area contributed by atoms with Gasteiger partial charge < -0.3 is 17.0 Å². The van der Waals surface area contributed by atoms with E-state index in [0.29, 0.717) is 12.4 Å². The van der Waals surface area contributed by atoms with E-state index in [1.807, 2.05) is 0 Å². The number of hydrogen-bond donors (Lipinski definition) is 0. The number of methoxy groups -OCH3 is 1. The first-order valence-electron chi connectivity index (χ1n) is 5.03. The summed E-state index contributed by atoms with van der Waals surface area (Å²) in [6.07, 6.45) is 1.91. The predicted molar refractivity (Wildman–Crippen MR) is 63.2 cm³/mol. The minimum Gasteiger partial charge on any atom is -0.503 e. The highest BCUT2D eigenvalue weighted by molar-refractivity contribution is 8.39. The monoisotopic (exact) mass is 237 g/mol. The molecule has 3 nitrogen and oxygen atoms in total. The summed E-state index contributed by atoms with van der Waals surface area (Å²) >= 11 is 5.62. The zero-order chi connectivity index (χ0) is 10.8. The first-order valence-corrected chi connectivity index (χ1v) is 7.89. The van der Waals surface area contributed by atoms with Crippen molar-refractivity contribution >= 4 is 19.1 Å². The van der Waals surface area contributed by atoms with Crippen LogP contribution in [-0.4, -0.2) is 36.8 Å². The van der Waals surface area contributed by atoms with Crippen LogP contribution in [0.2, 0.25) is 0 Å². The van der Waals surface area contributed by atoms with Crippen molar-refractivity contribution in [1.29, 1.82) is 0 Å². The summed E-state index contributed by atoms with van der Waals surface area (Å²) < 4.78 is 13.4. The van der Waals surface area contributed by atoms with Gasteiger partial charge in [-0.1, -0.05) is 0 Å². The van der Waals surface area contributed by atoms with Crippen LogP contribution in [0.25, 0.3) is 0 Å². The van der Waals surface area contributed by atoms with Crippen LogP contribution in [0.5, 0.6) is 0 Å². The van der Waals surface area contributed by atoms with E-state index < -0.39 is 6.84 Å². The van der Waals surface area contributed by atoms with Gasteiger partial charge in [0.05, 0.1) is 6.10 Å². The highest BCUT2D eigenvalue weighted by Crippen LogP contribution is 2.64. The minimum atomic E-state index is -1.89. The Morgan fingerprint density at radius 3 is 2.79 bits per heavy atom. The Labute approximate surface area is 92.8 Å². The second-order valence-electron chi connectivity index (χ2n) is 4.02. The van der Waals surface area contributed by atoms with Gasteiger partial charge in [-0.2, -0.15) is 4.67 Å². The van der Waals surface area contributed by atoms with E-state index in [1.54, 1.807) is 7.11 Å². The smallest absolute Gasteiger partial charge is 0.179 e. The first kappa shape index (κ1) is 12.7. The Morgan fingerprint density at radius 1 is 1.64 bits per heavy atom. The van der Waals surface area contributed by atoms with E-state index in [2.05, 4.69) is 25.4 Å². The molecule has 0 radical (unpaired) electrons. The normalized spacial score (nSPS) is 35.1. The molecule has 0 saturated carbocycles. The lowest BCUT2D eigenvalue weighted by Crippen LogP contribution is -2.40. The molecule has 0 N–H and O–H groups in total. The van der Waals surface area contributed by atoms with Gasteiger partial charge >= 0.3 is 0 Å². The molecular formula is C9H20NO2PS. The molecule has 0 spiro atoms. The molecule has 2 atom stereocenters. The van der Waals surface area contributed by atoms with Crippen molar-refractivity contribution in [3.8, 4) is 0 Å². The number of rotatable bonds is 3. The second kappa shape index (κ2) is 5.13. The van der Waals surface area contributed by atoms with Crippen LogP contribution in [0.3, 0.4) is 0 Å². The molecule has 0 amide bonds. The summed E-state index contributed by atoms with van der Waals surface area (Å²) in [6.45, 7) is 5.57. The van der Waals surface area contributed by atoms with Gasteiger partial charge in [0.1, 0.15) is 6.84 Å². The van der Waals surface area contributed by atoms with Crippen LogP contribution < -0.4 is 0 Å². The molecule has 0 aromatic heterocycles. The molecule has 1 aliphatic heterocycles. The third-order valence-corrected chi connectivity index (χ3v) is 6.31. The van der Waals surface area contributed by atoms with Crippen LogP contribution in [0.4, 0.5) is 0 Å². The van der Waals surface area contributed by atoms with Gasteiger partial charge in [0.25, 0.3) is 0 Å². The molecule has 1 aliphatic rings. The maximum Gasteiger partial charge on any atom is 0.179 e. The molecular weight excluding hydrogens is 217 g/mol. The molecule has 1 rings (SSSR count). The molecule has 0 bridgehead atoms. The number of hydrogen-bond acceptors (Lipinski definition) is 4. The lowest BCUT2D eigenvalue weighted by molar-refractivity contribution is 0.130. The zero-order valence-electron chi connectivity index (χ0n) is 9.40. The standard InChI is InChI=1S/C9H20NO2PS/c1-8(2)10-6-5-9(3)12-13(10,14)7-11-4/h8-9H,5-7H2,1-4H3/t9-,13?/m0/s1. The Balaban J connectivity index is 2.72. The summed E-state index contributed by atoms with van der Waals surface area (Å²) in [4.78, 5) is 0. The van der Waals surface area contributed by atoms with Gasteiger partial charge in [-0.25, -0.2) is 4.52 Å². The molecule has 1 saturated heterocycles. The fourth-order valence-corrected chi connectivity index (χ4v) is 5.75. The van der Waals surface area contributed by atoms with E-state index in [-0.39, 0.29) is 6.10 Å². The maximum absolute atomic E-state index is 5.91. The molecule has 1 fully saturated rings. The van der Waals surface area contributed by atoms with Crippen LogP contribution in [0, 0.1) is 0 Å². The van der Waals surface area contributed by atoms with Crippen molar-refractivity contribution in [2.75, 3.05) is 20.0 Å². The summed E-state index contributed by atoms with van der Waals surface area (Å²) in [5, 5.41) is 0. The van der Waals surface area contributed by atoms with Crippen molar-refractivity contribution in [3.05, 3.63) is 0 Å². The lowest BCUT2D eigenvalue weighted by Gasteiger charge is -2.46. The Morgan fingerprint density at radius 2 is 2.29 bits per heavy atom. The van der Waals surface area contributed by atoms with Crippen molar-refractivity contribution in [1.82, 2.24) is 4.67 Å². The van der Waals surface area contributed by atoms with Crippen molar-refractivity contribution < 1.29 is 9.26 Å². The Kier molecular flexibility index (Phi) is 4.66. The quantitative estimate of drug-likeness (QED) is 0.555. The average molecular weight is 237 g/mol. The number of nitrogens with zero attached hydrogens (tertiary/aromatic N) is 1. The van der Waals surface area contributed by atoms with Crippen LogP contribution in [0.15, 0.2) is 0 Å². The van der Waals surface area contributed by atoms with Crippen LogP contribution in [0.1, 0.15) is 27.2 Å². The zero-order valence-corrected chi connectivity index (χ0v) is 11.1. The molecule has 1 heterocycles. The van der Waals surface area contributed by atoms with Crippen molar-refractivity contribution in [2.45, 2.75) is 39.3 Å². The third kappa shape index (κ3) is 2.83. The SMILES string of the molecule is COC[P+]1([S-])O[C@@H](C)CCN1C(C)C. The number of ether oxygens (including phenoxy) is 1. The largest absolute Gasteiger partial charge is 0.503 e. The van der Waals surface area contributed by atoms with Gasteiger partial charge in [0, 0.05) is 19.7 Å². The fourth-order valence-electron chi connectivity index (χ4n) is 1.74. The third-order valence-electron chi connectivity index (χ3n) is 2.39. The summed E-state index contributed by atoms with van der Waals surface area (Å²) in [5.41, 5.74) is 0. The summed E-state index contributed by atoms with van der Waals surface area (Å²) in [5.74, 6) is 0. The fraction of sp³-hybridized carbons (Fsp3) is 1.00. The van der Waals surface area contributed by atoms with Gasteiger partial charge in [0.15, 0.2) is 6.35 Å². The van der Waals surface area contributed by atoms with Crippen LogP contribution in [-0.2, 0) is 21.5 Å². The molecule has 0 aliphatic carbocycles. The molecule has 14 heavy (non-hydrogen) atoms. The van der Waals surface area contributed by atoms with E-state index in [4.69, 9.17) is 21.5 Å². The van der Waals surface area contributed by atoms with Gasteiger partial charge in [0.2, 0.25) is 0 Å². The first-order chi connectivity index (χ1) is 6.49. The highest BCUT2D eigenvalue weighted by Gasteiger charge is 2.41. The second-order valence-corrected chi connectivity index (χ2v) is 7.99. The van der Waals surface area contributed by atoms with Crippen molar-refractivity contribution in [2.24, 2.45) is 0 Å². The van der Waals surface area contributed by atoms with E-state index >= 15 is 0 Å². The van der Waals surface area contributed by atoms with E-state index in [0.717, 1.165) is 13.0 Å². The molecule has 1 unspecified atom stereocenters. The molecule has 84 valence electrons. The van der Waals surface area contributed by atoms with Gasteiger partial charge in [-0.15, -0.1) is 0 Å². The Bertz CT molecular complexity index is 194. The lowest BCUT2D eigenvalue weighted by atomic mass is 10.2. The van der Waals surface area contributed by atoms with E-state index in [1.165, 1.54) is 0 Å². The minimum absolute atomic E-state index is 0.283. The van der Waals surface area contributed by atoms with Gasteiger partial charge in [-0.05, 0) is 27.2 Å². The van der Waals surface area contributed by atoms with Gasteiger partial charge in [-0.3, -0.25) is 0 Å². The van der Waals surface area contributed by atoms with Crippen LogP contribution >= 0.6 is 6.84 Å². The average Bonchev–Trinajstić information content (AvgIpc) is 2.02.